The summed E-state index contributed by atoms with van der Waals surface area (Å²) >= 11 is 0. The van der Waals surface area contributed by atoms with Crippen molar-refractivity contribution >= 4 is 23.3 Å². The van der Waals surface area contributed by atoms with Crippen molar-refractivity contribution in [3.63, 3.8) is 0 Å². The van der Waals surface area contributed by atoms with Gasteiger partial charge in [-0.15, -0.1) is 0 Å². The number of esters is 2. The second-order valence-corrected chi connectivity index (χ2v) is 6.14. The SMILES string of the molecule is CCOC(=O)C1=C(CN=O)N=C(C)C(C(=O)OCC)C1c1ccccc1[N+](=O)[O-]. The molecule has 154 valence electrons. The van der Waals surface area contributed by atoms with Gasteiger partial charge in [-0.1, -0.05) is 23.4 Å². The van der Waals surface area contributed by atoms with Crippen LogP contribution >= 0.6 is 0 Å². The predicted molar refractivity (Wildman–Crippen MR) is 103 cm³/mol. The fraction of sp³-hybridized carbons (Fsp3) is 0.421. The van der Waals surface area contributed by atoms with Crippen LogP contribution in [0.3, 0.4) is 0 Å². The van der Waals surface area contributed by atoms with Gasteiger partial charge in [-0.2, -0.15) is 4.91 Å². The minimum atomic E-state index is -1.11. The molecule has 1 aliphatic rings. The van der Waals surface area contributed by atoms with Crippen LogP contribution in [-0.4, -0.2) is 42.3 Å². The molecular formula is C19H21N3O7. The number of nitro groups is 1. The van der Waals surface area contributed by atoms with Crippen LogP contribution in [0.5, 0.6) is 0 Å². The van der Waals surface area contributed by atoms with Crippen molar-refractivity contribution in [2.75, 3.05) is 19.8 Å². The highest BCUT2D eigenvalue weighted by atomic mass is 16.6. The molecule has 1 aromatic carbocycles. The molecule has 0 bridgehead atoms. The summed E-state index contributed by atoms with van der Waals surface area (Å²) in [5.41, 5.74) is 0.0142. The Labute approximate surface area is 166 Å². The lowest BCUT2D eigenvalue weighted by atomic mass is 9.75. The second-order valence-electron chi connectivity index (χ2n) is 6.14. The second kappa shape index (κ2) is 9.67. The number of aliphatic imine (C=N–C) groups is 1. The molecule has 0 radical (unpaired) electrons. The number of hydrogen-bond donors (Lipinski definition) is 0. The Hall–Kier alpha value is -3.43. The molecule has 0 fully saturated rings. The quantitative estimate of drug-likeness (QED) is 0.281. The maximum atomic E-state index is 12.8. The van der Waals surface area contributed by atoms with Gasteiger partial charge < -0.3 is 9.47 Å². The molecule has 1 aliphatic heterocycles. The molecule has 0 aliphatic carbocycles. The van der Waals surface area contributed by atoms with Crippen LogP contribution in [0.1, 0.15) is 32.3 Å². The van der Waals surface area contributed by atoms with Crippen LogP contribution < -0.4 is 0 Å². The summed E-state index contributed by atoms with van der Waals surface area (Å²) in [6.07, 6.45) is 0. The molecule has 2 atom stereocenters. The zero-order chi connectivity index (χ0) is 21.6. The number of nitrogens with zero attached hydrogens (tertiary/aromatic N) is 3. The first-order chi connectivity index (χ1) is 13.9. The zero-order valence-corrected chi connectivity index (χ0v) is 16.3. The van der Waals surface area contributed by atoms with Gasteiger partial charge in [0.1, 0.15) is 12.5 Å². The monoisotopic (exact) mass is 403 g/mol. The minimum absolute atomic E-state index is 0.0136. The molecule has 0 spiro atoms. The molecule has 1 heterocycles. The summed E-state index contributed by atoms with van der Waals surface area (Å²) in [6, 6.07) is 5.77. The van der Waals surface area contributed by atoms with E-state index in [1.165, 1.54) is 25.1 Å². The van der Waals surface area contributed by atoms with Crippen molar-refractivity contribution in [1.29, 1.82) is 0 Å². The fourth-order valence-corrected chi connectivity index (χ4v) is 3.36. The molecule has 29 heavy (non-hydrogen) atoms. The third-order valence-corrected chi connectivity index (χ3v) is 4.44. The molecule has 1 aromatic rings. The Morgan fingerprint density at radius 2 is 1.86 bits per heavy atom. The standard InChI is InChI=1S/C19H21N3O7/c1-4-28-18(23)15-11(3)21-13(10-20-25)17(19(24)29-5-2)16(15)12-8-6-7-9-14(12)22(26)27/h6-9,15-16H,4-5,10H2,1-3H3. The summed E-state index contributed by atoms with van der Waals surface area (Å²) in [5.74, 6) is -3.70. The normalized spacial score (nSPS) is 18.7. The molecule has 0 saturated heterocycles. The first kappa shape index (κ1) is 21.9. The molecule has 0 saturated carbocycles. The number of ether oxygens (including phenoxy) is 2. The molecule has 0 amide bonds. The van der Waals surface area contributed by atoms with Crippen LogP contribution in [0.4, 0.5) is 5.69 Å². The summed E-state index contributed by atoms with van der Waals surface area (Å²) < 4.78 is 10.2. The van der Waals surface area contributed by atoms with Crippen molar-refractivity contribution in [3.05, 3.63) is 56.1 Å². The van der Waals surface area contributed by atoms with E-state index in [-0.39, 0.29) is 41.4 Å². The van der Waals surface area contributed by atoms with Gasteiger partial charge in [0.25, 0.3) is 5.69 Å². The van der Waals surface area contributed by atoms with Gasteiger partial charge in [0.15, 0.2) is 0 Å². The summed E-state index contributed by atoms with van der Waals surface area (Å²) in [7, 11) is 0. The molecule has 2 unspecified atom stereocenters. The van der Waals surface area contributed by atoms with Gasteiger partial charge in [-0.05, 0) is 20.8 Å². The number of carbonyl (C=O) groups excluding carboxylic acids is 2. The number of nitro benzene ring substituents is 1. The number of nitroso groups, excluding NO2 is 1. The highest BCUT2D eigenvalue weighted by Crippen LogP contribution is 2.43. The Morgan fingerprint density at radius 3 is 2.45 bits per heavy atom. The molecule has 10 heteroatoms. The topological polar surface area (TPSA) is 138 Å². The van der Waals surface area contributed by atoms with Crippen LogP contribution in [0.25, 0.3) is 0 Å². The minimum Gasteiger partial charge on any atom is -0.465 e. The van der Waals surface area contributed by atoms with Gasteiger partial charge in [0.05, 0.1) is 29.4 Å². The van der Waals surface area contributed by atoms with E-state index in [0.717, 1.165) is 0 Å². The maximum absolute atomic E-state index is 12.8. The number of benzene rings is 1. The Bertz CT molecular complexity index is 892. The largest absolute Gasteiger partial charge is 0.465 e. The fourth-order valence-electron chi connectivity index (χ4n) is 3.36. The average molecular weight is 403 g/mol. The zero-order valence-electron chi connectivity index (χ0n) is 16.3. The lowest BCUT2D eigenvalue weighted by molar-refractivity contribution is -0.385. The number of para-hydroxylation sites is 1. The third kappa shape index (κ3) is 4.53. The first-order valence-corrected chi connectivity index (χ1v) is 9.01. The van der Waals surface area contributed by atoms with E-state index in [1.54, 1.807) is 19.9 Å². The van der Waals surface area contributed by atoms with E-state index in [1.807, 2.05) is 0 Å². The van der Waals surface area contributed by atoms with E-state index in [4.69, 9.17) is 9.47 Å². The smallest absolute Gasteiger partial charge is 0.336 e. The maximum Gasteiger partial charge on any atom is 0.336 e. The Morgan fingerprint density at radius 1 is 1.21 bits per heavy atom. The number of carbonyl (C=O) groups is 2. The predicted octanol–water partition coefficient (Wildman–Crippen LogP) is 2.92. The average Bonchev–Trinajstić information content (AvgIpc) is 2.67. The van der Waals surface area contributed by atoms with Crippen LogP contribution in [0, 0.1) is 20.9 Å². The molecular weight excluding hydrogens is 382 g/mol. The van der Waals surface area contributed by atoms with E-state index in [9.17, 15) is 24.6 Å². The van der Waals surface area contributed by atoms with E-state index < -0.39 is 35.2 Å². The lowest BCUT2D eigenvalue weighted by Crippen LogP contribution is -2.37. The van der Waals surface area contributed by atoms with Crippen LogP contribution in [0.2, 0.25) is 0 Å². The Balaban J connectivity index is 2.82. The van der Waals surface area contributed by atoms with Crippen molar-refractivity contribution in [2.45, 2.75) is 26.7 Å². The highest BCUT2D eigenvalue weighted by Gasteiger charge is 2.45. The van der Waals surface area contributed by atoms with Crippen molar-refractivity contribution in [3.8, 4) is 0 Å². The van der Waals surface area contributed by atoms with Crippen molar-refractivity contribution in [2.24, 2.45) is 16.1 Å². The summed E-state index contributed by atoms with van der Waals surface area (Å²) in [4.78, 5) is 51.7. The molecule has 2 rings (SSSR count). The van der Waals surface area contributed by atoms with E-state index >= 15 is 0 Å². The number of hydrogen-bond acceptors (Lipinski definition) is 9. The van der Waals surface area contributed by atoms with Crippen molar-refractivity contribution < 1.29 is 24.0 Å². The van der Waals surface area contributed by atoms with Crippen LogP contribution in [-0.2, 0) is 19.1 Å². The molecule has 10 nitrogen and oxygen atoms in total. The lowest BCUT2D eigenvalue weighted by Gasteiger charge is -2.31. The Kier molecular flexibility index (Phi) is 7.29. The van der Waals surface area contributed by atoms with Gasteiger partial charge >= 0.3 is 11.9 Å². The molecule has 0 aromatic heterocycles. The van der Waals surface area contributed by atoms with E-state index in [0.29, 0.717) is 0 Å². The first-order valence-electron chi connectivity index (χ1n) is 9.01. The van der Waals surface area contributed by atoms with Crippen molar-refractivity contribution in [1.82, 2.24) is 0 Å². The van der Waals surface area contributed by atoms with Crippen LogP contribution in [0.15, 0.2) is 45.7 Å². The highest BCUT2D eigenvalue weighted by molar-refractivity contribution is 6.07. The van der Waals surface area contributed by atoms with Gasteiger partial charge in [-0.25, -0.2) is 4.79 Å². The third-order valence-electron chi connectivity index (χ3n) is 4.44. The summed E-state index contributed by atoms with van der Waals surface area (Å²) in [5, 5.41) is 14.4. The van der Waals surface area contributed by atoms with Gasteiger partial charge in [-0.3, -0.25) is 19.9 Å². The van der Waals surface area contributed by atoms with E-state index in [2.05, 4.69) is 10.2 Å². The number of rotatable bonds is 8. The summed E-state index contributed by atoms with van der Waals surface area (Å²) in [6.45, 7) is 4.41. The molecule has 0 N–H and O–H groups in total. The van der Waals surface area contributed by atoms with Gasteiger partial charge in [0.2, 0.25) is 0 Å². The van der Waals surface area contributed by atoms with Gasteiger partial charge in [0, 0.05) is 23.3 Å².